The first-order valence-electron chi connectivity index (χ1n) is 5.47. The van der Waals surface area contributed by atoms with Gasteiger partial charge in [-0.25, -0.2) is 0 Å². The Morgan fingerprint density at radius 2 is 2.00 bits per heavy atom. The second-order valence-electron chi connectivity index (χ2n) is 4.66. The van der Waals surface area contributed by atoms with Crippen LogP contribution in [0.2, 0.25) is 0 Å². The summed E-state index contributed by atoms with van der Waals surface area (Å²) in [5, 5.41) is 0. The predicted molar refractivity (Wildman–Crippen MR) is 65.5 cm³/mol. The lowest BCUT2D eigenvalue weighted by Crippen LogP contribution is -2.20. The summed E-state index contributed by atoms with van der Waals surface area (Å²) in [4.78, 5) is 6.70. The van der Waals surface area contributed by atoms with Crippen LogP contribution in [0.5, 0.6) is 0 Å². The third-order valence-corrected chi connectivity index (χ3v) is 3.67. The monoisotopic (exact) mass is 268 g/mol. The van der Waals surface area contributed by atoms with Gasteiger partial charge in [-0.05, 0) is 39.4 Å². The van der Waals surface area contributed by atoms with Crippen molar-refractivity contribution in [2.24, 2.45) is 11.8 Å². The molecule has 2 nitrogen and oxygen atoms in total. The van der Waals surface area contributed by atoms with Crippen LogP contribution in [0.25, 0.3) is 0 Å². The van der Waals surface area contributed by atoms with E-state index in [4.69, 9.17) is 0 Å². The fraction of sp³-hybridized carbons (Fsp3) is 0.583. The van der Waals surface area contributed by atoms with Gasteiger partial charge in [0.2, 0.25) is 0 Å². The van der Waals surface area contributed by atoms with E-state index in [9.17, 15) is 0 Å². The van der Waals surface area contributed by atoms with Crippen LogP contribution in [0.15, 0.2) is 22.9 Å². The third-order valence-electron chi connectivity index (χ3n) is 3.23. The molecule has 1 aliphatic heterocycles. The summed E-state index contributed by atoms with van der Waals surface area (Å²) in [6.45, 7) is 8.14. The molecular weight excluding hydrogens is 252 g/mol. The number of aromatic nitrogens is 1. The normalized spacial score (nSPS) is 27.1. The van der Waals surface area contributed by atoms with Gasteiger partial charge in [0.05, 0.1) is 0 Å². The molecule has 2 atom stereocenters. The van der Waals surface area contributed by atoms with E-state index in [2.05, 4.69) is 45.7 Å². The highest BCUT2D eigenvalue weighted by atomic mass is 79.9. The molecule has 0 radical (unpaired) electrons. The SMILES string of the molecule is CC1CN(Cc2cncc(Br)c2)CC1C. The zero-order valence-electron chi connectivity index (χ0n) is 9.28. The number of likely N-dealkylation sites (tertiary alicyclic amines) is 1. The van der Waals surface area contributed by atoms with Gasteiger partial charge in [-0.3, -0.25) is 9.88 Å². The van der Waals surface area contributed by atoms with E-state index in [1.807, 2.05) is 12.4 Å². The molecule has 0 aromatic carbocycles. The van der Waals surface area contributed by atoms with Crippen molar-refractivity contribution >= 4 is 15.9 Å². The zero-order valence-corrected chi connectivity index (χ0v) is 10.9. The molecule has 0 aliphatic carbocycles. The van der Waals surface area contributed by atoms with Gasteiger partial charge in [0.15, 0.2) is 0 Å². The van der Waals surface area contributed by atoms with Gasteiger partial charge in [0.1, 0.15) is 0 Å². The maximum atomic E-state index is 4.19. The number of rotatable bonds is 2. The molecule has 1 aromatic heterocycles. The van der Waals surface area contributed by atoms with Crippen molar-refractivity contribution in [1.82, 2.24) is 9.88 Å². The van der Waals surface area contributed by atoms with E-state index in [1.165, 1.54) is 18.7 Å². The quantitative estimate of drug-likeness (QED) is 0.820. The average Bonchev–Trinajstić information content (AvgIpc) is 2.45. The summed E-state index contributed by atoms with van der Waals surface area (Å²) >= 11 is 3.45. The number of hydrogen-bond acceptors (Lipinski definition) is 2. The van der Waals surface area contributed by atoms with Gasteiger partial charge in [0.25, 0.3) is 0 Å². The molecule has 0 bridgehead atoms. The minimum atomic E-state index is 0.824. The zero-order chi connectivity index (χ0) is 10.8. The van der Waals surface area contributed by atoms with Gasteiger partial charge in [0, 0.05) is 36.5 Å². The first-order valence-corrected chi connectivity index (χ1v) is 6.26. The second-order valence-corrected chi connectivity index (χ2v) is 5.58. The maximum absolute atomic E-state index is 4.19. The molecular formula is C12H17BrN2. The van der Waals surface area contributed by atoms with Crippen molar-refractivity contribution in [3.05, 3.63) is 28.5 Å². The van der Waals surface area contributed by atoms with E-state index < -0.39 is 0 Å². The predicted octanol–water partition coefficient (Wildman–Crippen LogP) is 2.93. The topological polar surface area (TPSA) is 16.1 Å². The first kappa shape index (κ1) is 11.1. The van der Waals surface area contributed by atoms with Crippen molar-refractivity contribution in [3.8, 4) is 0 Å². The molecule has 2 heterocycles. The number of halogens is 1. The summed E-state index contributed by atoms with van der Waals surface area (Å²) in [7, 11) is 0. The number of pyridine rings is 1. The average molecular weight is 269 g/mol. The van der Waals surface area contributed by atoms with Crippen LogP contribution < -0.4 is 0 Å². The maximum Gasteiger partial charge on any atom is 0.0410 e. The minimum Gasteiger partial charge on any atom is -0.298 e. The fourth-order valence-corrected chi connectivity index (χ4v) is 2.59. The van der Waals surface area contributed by atoms with Gasteiger partial charge < -0.3 is 0 Å². The molecule has 82 valence electrons. The minimum absolute atomic E-state index is 0.824. The van der Waals surface area contributed by atoms with Gasteiger partial charge in [-0.2, -0.15) is 0 Å². The van der Waals surface area contributed by atoms with Crippen LogP contribution in [-0.4, -0.2) is 23.0 Å². The number of hydrogen-bond donors (Lipinski definition) is 0. The molecule has 2 unspecified atom stereocenters. The first-order chi connectivity index (χ1) is 7.15. The Morgan fingerprint density at radius 1 is 1.33 bits per heavy atom. The van der Waals surface area contributed by atoms with Crippen LogP contribution in [-0.2, 0) is 6.54 Å². The molecule has 3 heteroatoms. The third kappa shape index (κ3) is 2.79. The standard InChI is InChI=1S/C12H17BrN2/c1-9-6-15(7-10(9)2)8-11-3-12(13)5-14-4-11/h3-5,9-10H,6-8H2,1-2H3. The van der Waals surface area contributed by atoms with E-state index in [-0.39, 0.29) is 0 Å². The van der Waals surface area contributed by atoms with E-state index >= 15 is 0 Å². The van der Waals surface area contributed by atoms with Gasteiger partial charge in [-0.1, -0.05) is 13.8 Å². The van der Waals surface area contributed by atoms with Crippen molar-refractivity contribution < 1.29 is 0 Å². The van der Waals surface area contributed by atoms with Crippen molar-refractivity contribution in [2.45, 2.75) is 20.4 Å². The Bertz CT molecular complexity index is 330. The van der Waals surface area contributed by atoms with Crippen molar-refractivity contribution in [2.75, 3.05) is 13.1 Å². The highest BCUT2D eigenvalue weighted by Gasteiger charge is 2.25. The van der Waals surface area contributed by atoms with E-state index in [0.29, 0.717) is 0 Å². The Kier molecular flexibility index (Phi) is 3.42. The molecule has 1 saturated heterocycles. The molecule has 0 N–H and O–H groups in total. The lowest BCUT2D eigenvalue weighted by Gasteiger charge is -2.15. The summed E-state index contributed by atoms with van der Waals surface area (Å²) in [6, 6.07) is 2.15. The fourth-order valence-electron chi connectivity index (χ4n) is 2.18. The second kappa shape index (κ2) is 4.62. The highest BCUT2D eigenvalue weighted by molar-refractivity contribution is 9.10. The van der Waals surface area contributed by atoms with Crippen LogP contribution in [0.1, 0.15) is 19.4 Å². The van der Waals surface area contributed by atoms with Crippen LogP contribution in [0.3, 0.4) is 0 Å². The van der Waals surface area contributed by atoms with Crippen LogP contribution >= 0.6 is 15.9 Å². The smallest absolute Gasteiger partial charge is 0.0410 e. The summed E-state index contributed by atoms with van der Waals surface area (Å²) < 4.78 is 1.07. The molecule has 0 saturated carbocycles. The summed E-state index contributed by atoms with van der Waals surface area (Å²) in [5.74, 6) is 1.65. The molecule has 2 rings (SSSR count). The lowest BCUT2D eigenvalue weighted by atomic mass is 10.0. The van der Waals surface area contributed by atoms with Crippen molar-refractivity contribution in [1.29, 1.82) is 0 Å². The molecule has 1 aliphatic rings. The Balaban J connectivity index is 1.98. The van der Waals surface area contributed by atoms with Gasteiger partial charge in [-0.15, -0.1) is 0 Å². The van der Waals surface area contributed by atoms with E-state index in [1.54, 1.807) is 0 Å². The van der Waals surface area contributed by atoms with Crippen LogP contribution in [0, 0.1) is 11.8 Å². The Hall–Kier alpha value is -0.410. The number of nitrogens with zero attached hydrogens (tertiary/aromatic N) is 2. The molecule has 15 heavy (non-hydrogen) atoms. The van der Waals surface area contributed by atoms with E-state index in [0.717, 1.165) is 22.9 Å². The Morgan fingerprint density at radius 3 is 2.60 bits per heavy atom. The lowest BCUT2D eigenvalue weighted by molar-refractivity contribution is 0.315. The summed E-state index contributed by atoms with van der Waals surface area (Å²) in [6.07, 6.45) is 3.79. The molecule has 1 fully saturated rings. The largest absolute Gasteiger partial charge is 0.298 e. The van der Waals surface area contributed by atoms with Crippen LogP contribution in [0.4, 0.5) is 0 Å². The Labute approximate surface area is 99.8 Å². The summed E-state index contributed by atoms with van der Waals surface area (Å²) in [5.41, 5.74) is 1.30. The molecule has 0 amide bonds. The van der Waals surface area contributed by atoms with Gasteiger partial charge >= 0.3 is 0 Å². The van der Waals surface area contributed by atoms with Crippen molar-refractivity contribution in [3.63, 3.8) is 0 Å². The molecule has 1 aromatic rings. The molecule has 0 spiro atoms. The highest BCUT2D eigenvalue weighted by Crippen LogP contribution is 2.23.